The van der Waals surface area contributed by atoms with Gasteiger partial charge in [0.2, 0.25) is 0 Å². The molecule has 0 aromatic carbocycles. The Balaban J connectivity index is 3.39. The first-order valence-electron chi connectivity index (χ1n) is 39.0. The van der Waals surface area contributed by atoms with Gasteiger partial charge in [-0.05, 0) is 64.2 Å². The van der Waals surface area contributed by atoms with Gasteiger partial charge in [-0.25, -0.2) is 0 Å². The van der Waals surface area contributed by atoms with E-state index < -0.39 is 6.10 Å². The van der Waals surface area contributed by atoms with Crippen molar-refractivity contribution in [2.45, 2.75) is 424 Å². The van der Waals surface area contributed by atoms with E-state index in [4.69, 9.17) is 9.47 Å². The molecule has 0 aliphatic heterocycles. The van der Waals surface area contributed by atoms with Gasteiger partial charge in [-0.3, -0.25) is 9.59 Å². The Morgan fingerprint density at radius 2 is 0.494 bits per heavy atom. The molecule has 0 saturated heterocycles. The first kappa shape index (κ1) is 84.3. The summed E-state index contributed by atoms with van der Waals surface area (Å²) < 4.78 is 10.8. The molecule has 0 aromatic heterocycles. The first-order valence-corrected chi connectivity index (χ1v) is 39.0. The lowest BCUT2D eigenvalue weighted by atomic mass is 10.0. The Labute approximate surface area is 544 Å². The molecule has 0 heterocycles. The summed E-state index contributed by atoms with van der Waals surface area (Å²) in [5.74, 6) is -0.572. The molecule has 0 rings (SSSR count). The first-order chi connectivity index (χ1) is 43.1. The van der Waals surface area contributed by atoms with Gasteiger partial charge in [0.25, 0.3) is 0 Å². The quantitative estimate of drug-likeness (QED) is 0.0373. The number of aliphatic hydroxyl groups is 1. The molecule has 0 saturated carbocycles. The zero-order valence-corrected chi connectivity index (χ0v) is 58.5. The second kappa shape index (κ2) is 77.6. The number of esters is 2. The SMILES string of the molecule is CC/C=C\C/C=C\C/C=C\C/C=C\C/C=C\C/C=C\CCCCCCCCCCCCCCCCC(=O)OC(CO)COC(=O)CCCCCCCCCCCCCCCCCCCCCCCCCCCCCCCCCCCCCCCCCC. The highest BCUT2D eigenvalue weighted by Crippen LogP contribution is 2.20. The van der Waals surface area contributed by atoms with Crippen LogP contribution in [0.5, 0.6) is 0 Å². The fraction of sp³-hybridized carbons (Fsp3) is 0.829. The number of aliphatic hydroxyl groups excluding tert-OH is 1. The van der Waals surface area contributed by atoms with Crippen LogP contribution in [0.2, 0.25) is 0 Å². The zero-order chi connectivity index (χ0) is 62.6. The van der Waals surface area contributed by atoms with E-state index in [1.54, 1.807) is 0 Å². The molecule has 1 atom stereocenters. The van der Waals surface area contributed by atoms with E-state index in [0.29, 0.717) is 12.8 Å². The van der Waals surface area contributed by atoms with Crippen LogP contribution < -0.4 is 0 Å². The van der Waals surface area contributed by atoms with Gasteiger partial charge < -0.3 is 14.6 Å². The van der Waals surface area contributed by atoms with Crippen molar-refractivity contribution in [1.82, 2.24) is 0 Å². The lowest BCUT2D eigenvalue weighted by Gasteiger charge is -2.15. The average Bonchev–Trinajstić information content (AvgIpc) is 3.53. The summed E-state index contributed by atoms with van der Waals surface area (Å²) in [7, 11) is 0. The van der Waals surface area contributed by atoms with Gasteiger partial charge >= 0.3 is 11.9 Å². The summed E-state index contributed by atoms with van der Waals surface area (Å²) in [5.41, 5.74) is 0. The third kappa shape index (κ3) is 75.7. The molecule has 87 heavy (non-hydrogen) atoms. The van der Waals surface area contributed by atoms with Gasteiger partial charge in [0.15, 0.2) is 6.10 Å². The molecular formula is C82H150O5. The van der Waals surface area contributed by atoms with Crippen molar-refractivity contribution < 1.29 is 24.2 Å². The summed E-state index contributed by atoms with van der Waals surface area (Å²) >= 11 is 0. The Morgan fingerprint density at radius 1 is 0.276 bits per heavy atom. The molecule has 1 N–H and O–H groups in total. The Kier molecular flexibility index (Phi) is 75.2. The summed E-state index contributed by atoms with van der Waals surface area (Å²) in [6.45, 7) is 4.08. The van der Waals surface area contributed by atoms with Gasteiger partial charge in [-0.1, -0.05) is 414 Å². The summed E-state index contributed by atoms with van der Waals surface area (Å²) in [4.78, 5) is 24.7. The monoisotopic (exact) mass is 1220 g/mol. The Morgan fingerprint density at radius 3 is 0.747 bits per heavy atom. The summed E-state index contributed by atoms with van der Waals surface area (Å²) in [6, 6.07) is 0. The molecule has 5 nitrogen and oxygen atoms in total. The van der Waals surface area contributed by atoms with Crippen LogP contribution in [0.1, 0.15) is 418 Å². The predicted octanol–water partition coefficient (Wildman–Crippen LogP) is 27.4. The minimum Gasteiger partial charge on any atom is -0.462 e. The maximum Gasteiger partial charge on any atom is 0.306 e. The second-order valence-corrected chi connectivity index (χ2v) is 26.4. The molecule has 0 aliphatic rings. The van der Waals surface area contributed by atoms with Crippen LogP contribution in [0.4, 0.5) is 0 Å². The van der Waals surface area contributed by atoms with Crippen LogP contribution in [-0.2, 0) is 19.1 Å². The zero-order valence-electron chi connectivity index (χ0n) is 58.5. The Bertz CT molecular complexity index is 1520. The highest BCUT2D eigenvalue weighted by atomic mass is 16.6. The van der Waals surface area contributed by atoms with Crippen LogP contribution in [0.25, 0.3) is 0 Å². The normalized spacial score (nSPS) is 12.5. The lowest BCUT2D eigenvalue weighted by Crippen LogP contribution is -2.28. The van der Waals surface area contributed by atoms with Crippen molar-refractivity contribution in [2.75, 3.05) is 13.2 Å². The number of hydrogen-bond donors (Lipinski definition) is 1. The van der Waals surface area contributed by atoms with Crippen molar-refractivity contribution in [1.29, 1.82) is 0 Å². The number of carbonyl (C=O) groups excluding carboxylic acids is 2. The van der Waals surface area contributed by atoms with Crippen LogP contribution in [0.3, 0.4) is 0 Å². The fourth-order valence-corrected chi connectivity index (χ4v) is 12.0. The highest BCUT2D eigenvalue weighted by Gasteiger charge is 2.16. The summed E-state index contributed by atoms with van der Waals surface area (Å²) in [5, 5.41) is 9.72. The fourth-order valence-electron chi connectivity index (χ4n) is 12.0. The van der Waals surface area contributed by atoms with Crippen molar-refractivity contribution in [2.24, 2.45) is 0 Å². The standard InChI is InChI=1S/C82H150O5/c1-3-5-7-9-11-13-15-17-19-21-23-25-27-29-31-33-35-37-38-39-40-41-42-43-45-46-48-50-52-54-56-58-60-62-64-66-68-70-72-74-76-81(84)86-79-80(78-83)87-82(85)77-75-73-71-69-67-65-63-61-59-57-55-53-51-49-47-44-36-34-32-30-28-26-24-22-20-18-16-14-12-10-8-6-4-2/h6,8,12,14,18,20,24,26,30,32,36,44,80,83H,3-5,7,9-11,13,15-17,19,21-23,25,27-29,31,33-35,37-43,45-79H2,1-2H3/b8-6-,14-12-,20-18-,26-24-,32-30-,44-36-. The van der Waals surface area contributed by atoms with E-state index in [0.717, 1.165) is 77.0 Å². The van der Waals surface area contributed by atoms with E-state index in [1.165, 1.54) is 315 Å². The second-order valence-electron chi connectivity index (χ2n) is 26.4. The van der Waals surface area contributed by atoms with Gasteiger partial charge in [0, 0.05) is 12.8 Å². The minimum atomic E-state index is -0.775. The van der Waals surface area contributed by atoms with Gasteiger partial charge in [0.1, 0.15) is 6.61 Å². The average molecular weight is 1220 g/mol. The molecule has 0 radical (unpaired) electrons. The predicted molar refractivity (Wildman–Crippen MR) is 385 cm³/mol. The third-order valence-corrected chi connectivity index (χ3v) is 17.8. The molecule has 0 amide bonds. The number of ether oxygens (including phenoxy) is 2. The van der Waals surface area contributed by atoms with E-state index >= 15 is 0 Å². The van der Waals surface area contributed by atoms with E-state index in [-0.39, 0.29) is 25.2 Å². The smallest absolute Gasteiger partial charge is 0.306 e. The highest BCUT2D eigenvalue weighted by molar-refractivity contribution is 5.70. The lowest BCUT2D eigenvalue weighted by molar-refractivity contribution is -0.161. The van der Waals surface area contributed by atoms with Crippen molar-refractivity contribution >= 4 is 11.9 Å². The maximum absolute atomic E-state index is 12.4. The number of rotatable bonds is 73. The molecule has 508 valence electrons. The minimum absolute atomic E-state index is 0.0629. The molecule has 0 spiro atoms. The van der Waals surface area contributed by atoms with Crippen LogP contribution in [0.15, 0.2) is 72.9 Å². The molecule has 5 heteroatoms. The van der Waals surface area contributed by atoms with Crippen molar-refractivity contribution in [3.8, 4) is 0 Å². The third-order valence-electron chi connectivity index (χ3n) is 17.8. The molecular weight excluding hydrogens is 1060 g/mol. The summed E-state index contributed by atoms with van der Waals surface area (Å²) in [6.07, 6.45) is 108. The van der Waals surface area contributed by atoms with Crippen LogP contribution in [-0.4, -0.2) is 36.4 Å². The molecule has 1 unspecified atom stereocenters. The van der Waals surface area contributed by atoms with Gasteiger partial charge in [0.05, 0.1) is 6.61 Å². The van der Waals surface area contributed by atoms with Gasteiger partial charge in [-0.2, -0.15) is 0 Å². The number of allylic oxidation sites excluding steroid dienone is 12. The van der Waals surface area contributed by atoms with Crippen LogP contribution >= 0.6 is 0 Å². The van der Waals surface area contributed by atoms with E-state index in [9.17, 15) is 14.7 Å². The number of unbranched alkanes of at least 4 members (excludes halogenated alkanes) is 53. The topological polar surface area (TPSA) is 72.8 Å². The van der Waals surface area contributed by atoms with Crippen molar-refractivity contribution in [3.63, 3.8) is 0 Å². The molecule has 0 fully saturated rings. The maximum atomic E-state index is 12.4. The van der Waals surface area contributed by atoms with E-state index in [1.807, 2.05) is 0 Å². The number of hydrogen-bond acceptors (Lipinski definition) is 5. The molecule has 0 bridgehead atoms. The Hall–Kier alpha value is -2.66. The van der Waals surface area contributed by atoms with Gasteiger partial charge in [-0.15, -0.1) is 0 Å². The van der Waals surface area contributed by atoms with Crippen LogP contribution in [0, 0.1) is 0 Å². The van der Waals surface area contributed by atoms with Crippen molar-refractivity contribution in [3.05, 3.63) is 72.9 Å². The molecule has 0 aromatic rings. The largest absolute Gasteiger partial charge is 0.462 e. The van der Waals surface area contributed by atoms with E-state index in [2.05, 4.69) is 86.8 Å². The molecule has 0 aliphatic carbocycles. The number of carbonyl (C=O) groups is 2.